The van der Waals surface area contributed by atoms with Gasteiger partial charge in [-0.15, -0.1) is 0 Å². The zero-order valence-corrected chi connectivity index (χ0v) is 17.7. The minimum atomic E-state index is -3.62. The number of sulfonamides is 1. The number of nitrogens with one attached hydrogen (secondary N) is 1. The summed E-state index contributed by atoms with van der Waals surface area (Å²) in [5.41, 5.74) is 1.97. The van der Waals surface area contributed by atoms with Crippen LogP contribution in [0.1, 0.15) is 19.4 Å². The van der Waals surface area contributed by atoms with Gasteiger partial charge in [-0.1, -0.05) is 30.3 Å². The van der Waals surface area contributed by atoms with Crippen LogP contribution < -0.4 is 19.1 Å². The fourth-order valence-corrected chi connectivity index (χ4v) is 4.42. The summed E-state index contributed by atoms with van der Waals surface area (Å²) in [6.07, 6.45) is 0. The first-order chi connectivity index (χ1) is 14.0. The Morgan fingerprint density at radius 3 is 2.31 bits per heavy atom. The molecule has 1 aliphatic heterocycles. The first-order valence-corrected chi connectivity index (χ1v) is 11.5. The third-order valence-electron chi connectivity index (χ3n) is 4.48. The van der Waals surface area contributed by atoms with Crippen LogP contribution in [-0.4, -0.2) is 47.9 Å². The molecule has 8 heteroatoms. The molecule has 2 aromatic rings. The zero-order chi connectivity index (χ0) is 20.7. The van der Waals surface area contributed by atoms with E-state index >= 15 is 0 Å². The molecule has 0 aliphatic carbocycles. The Hall–Kier alpha value is -2.45. The van der Waals surface area contributed by atoms with Crippen molar-refractivity contribution in [3.8, 4) is 11.5 Å². The van der Waals surface area contributed by atoms with Crippen LogP contribution in [0, 0.1) is 0 Å². The molecule has 0 spiro atoms. The van der Waals surface area contributed by atoms with Gasteiger partial charge < -0.3 is 19.1 Å². The summed E-state index contributed by atoms with van der Waals surface area (Å²) in [6.45, 7) is 7.43. The molecule has 7 nitrogen and oxygen atoms in total. The smallest absolute Gasteiger partial charge is 0.237 e. The molecule has 0 bridgehead atoms. The summed E-state index contributed by atoms with van der Waals surface area (Å²) in [5, 5.41) is 0. The van der Waals surface area contributed by atoms with E-state index in [0.29, 0.717) is 49.2 Å². The number of ether oxygens (including phenoxy) is 3. The van der Waals surface area contributed by atoms with Gasteiger partial charge in [0.2, 0.25) is 10.0 Å². The van der Waals surface area contributed by atoms with Crippen LogP contribution >= 0.6 is 0 Å². The monoisotopic (exact) mass is 420 g/mol. The highest BCUT2D eigenvalue weighted by Crippen LogP contribution is 2.39. The van der Waals surface area contributed by atoms with E-state index in [1.165, 1.54) is 0 Å². The van der Waals surface area contributed by atoms with Crippen LogP contribution in [0.2, 0.25) is 0 Å². The fourth-order valence-electron chi connectivity index (χ4n) is 3.22. The lowest BCUT2D eigenvalue weighted by Crippen LogP contribution is -2.36. The van der Waals surface area contributed by atoms with E-state index in [1.807, 2.05) is 38.1 Å². The van der Waals surface area contributed by atoms with Crippen molar-refractivity contribution in [1.29, 1.82) is 0 Å². The zero-order valence-electron chi connectivity index (χ0n) is 16.9. The Morgan fingerprint density at radius 2 is 1.66 bits per heavy atom. The summed E-state index contributed by atoms with van der Waals surface area (Å²) >= 11 is 0. The van der Waals surface area contributed by atoms with E-state index < -0.39 is 10.0 Å². The number of hydrogen-bond donors (Lipinski definition) is 1. The first-order valence-electron chi connectivity index (χ1n) is 9.83. The summed E-state index contributed by atoms with van der Waals surface area (Å²) in [7, 11) is -3.62. The molecular weight excluding hydrogens is 392 g/mol. The van der Waals surface area contributed by atoms with Crippen molar-refractivity contribution >= 4 is 21.4 Å². The molecular formula is C21H28N2O5S. The lowest BCUT2D eigenvalue weighted by Gasteiger charge is -2.31. The average Bonchev–Trinajstić information content (AvgIpc) is 2.71. The molecule has 2 aromatic carbocycles. The Labute approximate surface area is 172 Å². The van der Waals surface area contributed by atoms with Gasteiger partial charge in [0.05, 0.1) is 43.6 Å². The highest BCUT2D eigenvalue weighted by Gasteiger charge is 2.22. The van der Waals surface area contributed by atoms with Gasteiger partial charge in [-0.2, -0.15) is 0 Å². The molecule has 0 radical (unpaired) electrons. The summed E-state index contributed by atoms with van der Waals surface area (Å²) < 4.78 is 45.2. The van der Waals surface area contributed by atoms with Gasteiger partial charge in [0.15, 0.2) is 0 Å². The van der Waals surface area contributed by atoms with E-state index in [4.69, 9.17) is 14.2 Å². The maximum Gasteiger partial charge on any atom is 0.237 e. The van der Waals surface area contributed by atoms with Gasteiger partial charge in [0.1, 0.15) is 11.5 Å². The van der Waals surface area contributed by atoms with E-state index in [2.05, 4.69) is 9.62 Å². The number of morpholine rings is 1. The second-order valence-electron chi connectivity index (χ2n) is 6.63. The Kier molecular flexibility index (Phi) is 7.22. The van der Waals surface area contributed by atoms with Crippen LogP contribution in [0.25, 0.3) is 0 Å². The van der Waals surface area contributed by atoms with Gasteiger partial charge in [-0.3, -0.25) is 4.72 Å². The largest absolute Gasteiger partial charge is 0.492 e. The van der Waals surface area contributed by atoms with Gasteiger partial charge in [-0.05, 0) is 19.4 Å². The third kappa shape index (κ3) is 5.77. The van der Waals surface area contributed by atoms with Crippen molar-refractivity contribution in [2.45, 2.75) is 19.6 Å². The Bertz CT molecular complexity index is 897. The normalized spacial score (nSPS) is 14.5. The van der Waals surface area contributed by atoms with Crippen molar-refractivity contribution in [3.63, 3.8) is 0 Å². The average molecular weight is 421 g/mol. The van der Waals surface area contributed by atoms with Crippen molar-refractivity contribution in [2.75, 3.05) is 49.1 Å². The van der Waals surface area contributed by atoms with Gasteiger partial charge in [-0.25, -0.2) is 8.42 Å². The summed E-state index contributed by atoms with van der Waals surface area (Å²) in [6, 6.07) is 12.6. The molecule has 29 heavy (non-hydrogen) atoms. The van der Waals surface area contributed by atoms with Crippen LogP contribution in [0.3, 0.4) is 0 Å². The van der Waals surface area contributed by atoms with Crippen LogP contribution in [0.5, 0.6) is 11.5 Å². The summed E-state index contributed by atoms with van der Waals surface area (Å²) in [5.74, 6) is 0.985. The van der Waals surface area contributed by atoms with Crippen LogP contribution in [0.15, 0.2) is 42.5 Å². The molecule has 1 N–H and O–H groups in total. The molecule has 1 heterocycles. The molecule has 0 atom stereocenters. The van der Waals surface area contributed by atoms with E-state index in [-0.39, 0.29) is 5.75 Å². The number of benzene rings is 2. The predicted octanol–water partition coefficient (Wildman–Crippen LogP) is 3.26. The summed E-state index contributed by atoms with van der Waals surface area (Å²) in [4.78, 5) is 2.17. The molecule has 158 valence electrons. The van der Waals surface area contributed by atoms with Crippen molar-refractivity contribution < 1.29 is 22.6 Å². The molecule has 0 aromatic heterocycles. The molecule has 3 rings (SSSR count). The number of hydrogen-bond acceptors (Lipinski definition) is 6. The molecule has 1 fully saturated rings. The number of nitrogens with zero attached hydrogens (tertiary/aromatic N) is 1. The lowest BCUT2D eigenvalue weighted by atomic mass is 10.2. The molecule has 0 saturated carbocycles. The quantitative estimate of drug-likeness (QED) is 0.671. The number of rotatable bonds is 9. The van der Waals surface area contributed by atoms with Crippen molar-refractivity contribution in [2.24, 2.45) is 0 Å². The van der Waals surface area contributed by atoms with Crippen molar-refractivity contribution in [3.05, 3.63) is 48.0 Å². The van der Waals surface area contributed by atoms with Gasteiger partial charge in [0.25, 0.3) is 0 Å². The Morgan fingerprint density at radius 1 is 1.00 bits per heavy atom. The maximum absolute atomic E-state index is 12.7. The van der Waals surface area contributed by atoms with Crippen LogP contribution in [0.4, 0.5) is 11.4 Å². The molecule has 1 saturated heterocycles. The van der Waals surface area contributed by atoms with E-state index in [1.54, 1.807) is 18.2 Å². The fraction of sp³-hybridized carbons (Fsp3) is 0.429. The Balaban J connectivity index is 1.92. The second-order valence-corrected chi connectivity index (χ2v) is 8.35. The first kappa shape index (κ1) is 21.3. The number of anilines is 2. The topological polar surface area (TPSA) is 77.1 Å². The van der Waals surface area contributed by atoms with Gasteiger partial charge >= 0.3 is 0 Å². The standard InChI is InChI=1S/C21H28N2O5S/c1-3-27-20-15-19(23-10-12-26-13-11-23)21(28-4-2)14-18(20)22-29(24,25)16-17-8-6-5-7-9-17/h5-9,14-15,22H,3-4,10-13,16H2,1-2H3. The highest BCUT2D eigenvalue weighted by atomic mass is 32.2. The minimum absolute atomic E-state index is 0.116. The third-order valence-corrected chi connectivity index (χ3v) is 5.72. The van der Waals surface area contributed by atoms with E-state index in [0.717, 1.165) is 18.8 Å². The molecule has 0 amide bonds. The van der Waals surface area contributed by atoms with Gasteiger partial charge in [0, 0.05) is 25.2 Å². The maximum atomic E-state index is 12.7. The lowest BCUT2D eigenvalue weighted by molar-refractivity contribution is 0.122. The van der Waals surface area contributed by atoms with Crippen molar-refractivity contribution in [1.82, 2.24) is 0 Å². The minimum Gasteiger partial charge on any atom is -0.492 e. The molecule has 1 aliphatic rings. The van der Waals surface area contributed by atoms with E-state index in [9.17, 15) is 8.42 Å². The second kappa shape index (κ2) is 9.84. The molecule has 0 unspecified atom stereocenters. The van der Waals surface area contributed by atoms with Crippen LogP contribution in [-0.2, 0) is 20.5 Å². The SMILES string of the molecule is CCOc1cc(N2CCOCC2)c(OCC)cc1NS(=O)(=O)Cc1ccccc1. The highest BCUT2D eigenvalue weighted by molar-refractivity contribution is 7.91. The predicted molar refractivity (Wildman–Crippen MR) is 115 cm³/mol.